The van der Waals surface area contributed by atoms with Crippen molar-refractivity contribution < 1.29 is 4.74 Å². The molecule has 156 valence electrons. The van der Waals surface area contributed by atoms with Crippen molar-refractivity contribution in [2.45, 2.75) is 44.9 Å². The number of fused-ring (bicyclic) bond motifs is 2. The molecular weight excluding hydrogens is 485 g/mol. The van der Waals surface area contributed by atoms with E-state index in [9.17, 15) is 0 Å². The second-order valence-electron chi connectivity index (χ2n) is 8.53. The molecule has 4 nitrogen and oxygen atoms in total. The van der Waals surface area contributed by atoms with Crippen LogP contribution in [-0.2, 0) is 17.7 Å². The Bertz CT molecular complexity index is 1040. The monoisotopic (exact) mass is 513 g/mol. The van der Waals surface area contributed by atoms with Crippen molar-refractivity contribution in [3.05, 3.63) is 74.7 Å². The fraction of sp³-hybridized carbons (Fsp3) is 0.400. The standard InChI is InChI=1S/C25H28IN3O/c1-17-23(19-6-4-3-5-7-19)27-25-24(30-21-11-13-28(2)14-12-21)22-16-20(26)9-8-18(22)10-15-29(17)25/h3-9,16,21,24H,10-15H2,1-2H3. The maximum atomic E-state index is 6.86. The topological polar surface area (TPSA) is 30.3 Å². The third-order valence-electron chi connectivity index (χ3n) is 6.52. The van der Waals surface area contributed by atoms with Gasteiger partial charge in [-0.15, -0.1) is 0 Å². The number of aryl methyl sites for hydroxylation is 1. The van der Waals surface area contributed by atoms with Crippen molar-refractivity contribution in [2.75, 3.05) is 20.1 Å². The molecule has 5 rings (SSSR count). The Morgan fingerprint density at radius 2 is 1.80 bits per heavy atom. The van der Waals surface area contributed by atoms with Gasteiger partial charge in [0, 0.05) is 34.5 Å². The van der Waals surface area contributed by atoms with E-state index < -0.39 is 0 Å². The molecule has 1 fully saturated rings. The summed E-state index contributed by atoms with van der Waals surface area (Å²) in [5.74, 6) is 1.06. The van der Waals surface area contributed by atoms with E-state index in [1.807, 2.05) is 0 Å². The van der Waals surface area contributed by atoms with Crippen molar-refractivity contribution >= 4 is 22.6 Å². The Morgan fingerprint density at radius 1 is 1.03 bits per heavy atom. The highest BCUT2D eigenvalue weighted by Crippen LogP contribution is 2.38. The number of hydrogen-bond acceptors (Lipinski definition) is 3. The minimum atomic E-state index is -0.109. The van der Waals surface area contributed by atoms with Gasteiger partial charge in [-0.3, -0.25) is 0 Å². The summed E-state index contributed by atoms with van der Waals surface area (Å²) in [6.07, 6.45) is 3.34. The first-order valence-corrected chi connectivity index (χ1v) is 11.9. The van der Waals surface area contributed by atoms with Gasteiger partial charge in [-0.25, -0.2) is 4.98 Å². The zero-order valence-electron chi connectivity index (χ0n) is 17.6. The third kappa shape index (κ3) is 3.83. The van der Waals surface area contributed by atoms with Gasteiger partial charge >= 0.3 is 0 Å². The molecule has 0 bridgehead atoms. The van der Waals surface area contributed by atoms with Gasteiger partial charge in [-0.05, 0) is 79.1 Å². The van der Waals surface area contributed by atoms with Crippen LogP contribution in [0.3, 0.4) is 0 Å². The normalized spacial score (nSPS) is 19.9. The van der Waals surface area contributed by atoms with E-state index in [4.69, 9.17) is 9.72 Å². The highest BCUT2D eigenvalue weighted by molar-refractivity contribution is 14.1. The van der Waals surface area contributed by atoms with E-state index >= 15 is 0 Å². The molecule has 0 N–H and O–H groups in total. The number of piperidine rings is 1. The molecule has 0 saturated carbocycles. The van der Waals surface area contributed by atoms with Crippen LogP contribution in [0.5, 0.6) is 0 Å². The van der Waals surface area contributed by atoms with Crippen molar-refractivity contribution in [3.8, 4) is 11.3 Å². The summed E-state index contributed by atoms with van der Waals surface area (Å²) in [6, 6.07) is 17.3. The molecule has 1 atom stereocenters. The Hall–Kier alpha value is -1.70. The van der Waals surface area contributed by atoms with E-state index in [2.05, 4.69) is 94.6 Å². The van der Waals surface area contributed by atoms with Crippen LogP contribution in [0.2, 0.25) is 0 Å². The molecule has 1 saturated heterocycles. The first-order chi connectivity index (χ1) is 14.6. The van der Waals surface area contributed by atoms with Gasteiger partial charge in [0.1, 0.15) is 11.9 Å². The van der Waals surface area contributed by atoms with Gasteiger partial charge in [-0.2, -0.15) is 0 Å². The van der Waals surface area contributed by atoms with Crippen LogP contribution in [0.25, 0.3) is 11.3 Å². The number of aromatic nitrogens is 2. The van der Waals surface area contributed by atoms with Crippen molar-refractivity contribution in [1.82, 2.24) is 14.5 Å². The molecule has 2 aromatic carbocycles. The molecule has 3 heterocycles. The minimum Gasteiger partial charge on any atom is -0.362 e. The Kier molecular flexibility index (Phi) is 5.69. The third-order valence-corrected chi connectivity index (χ3v) is 7.19. The maximum Gasteiger partial charge on any atom is 0.143 e. The lowest BCUT2D eigenvalue weighted by Crippen LogP contribution is -2.35. The van der Waals surface area contributed by atoms with Crippen LogP contribution >= 0.6 is 22.6 Å². The van der Waals surface area contributed by atoms with E-state index in [1.54, 1.807) is 0 Å². The molecule has 0 spiro atoms. The molecule has 30 heavy (non-hydrogen) atoms. The summed E-state index contributed by atoms with van der Waals surface area (Å²) >= 11 is 2.41. The lowest BCUT2D eigenvalue weighted by atomic mass is 9.99. The molecule has 2 aliphatic heterocycles. The average molecular weight is 513 g/mol. The predicted octanol–water partition coefficient (Wildman–Crippen LogP) is 5.22. The zero-order chi connectivity index (χ0) is 20.7. The van der Waals surface area contributed by atoms with Gasteiger partial charge in [0.05, 0.1) is 11.8 Å². The number of hydrogen-bond donors (Lipinski definition) is 0. The lowest BCUT2D eigenvalue weighted by molar-refractivity contribution is -0.0276. The number of rotatable bonds is 3. The summed E-state index contributed by atoms with van der Waals surface area (Å²) in [6.45, 7) is 5.34. The highest BCUT2D eigenvalue weighted by Gasteiger charge is 2.32. The average Bonchev–Trinajstić information content (AvgIpc) is 3.01. The van der Waals surface area contributed by atoms with Crippen molar-refractivity contribution in [3.63, 3.8) is 0 Å². The second-order valence-corrected chi connectivity index (χ2v) is 9.78. The number of ether oxygens (including phenoxy) is 1. The van der Waals surface area contributed by atoms with Crippen LogP contribution < -0.4 is 0 Å². The smallest absolute Gasteiger partial charge is 0.143 e. The van der Waals surface area contributed by atoms with Crippen molar-refractivity contribution in [1.29, 1.82) is 0 Å². The van der Waals surface area contributed by atoms with Crippen LogP contribution in [0.4, 0.5) is 0 Å². The highest BCUT2D eigenvalue weighted by atomic mass is 127. The van der Waals surface area contributed by atoms with Crippen LogP contribution in [0.15, 0.2) is 48.5 Å². The first-order valence-electron chi connectivity index (χ1n) is 10.8. The van der Waals surface area contributed by atoms with E-state index in [0.717, 1.165) is 50.4 Å². The quantitative estimate of drug-likeness (QED) is 0.450. The number of halogens is 1. The molecule has 1 unspecified atom stereocenters. The molecule has 2 aliphatic rings. The fourth-order valence-electron chi connectivity index (χ4n) is 4.76. The molecule has 0 radical (unpaired) electrons. The van der Waals surface area contributed by atoms with Gasteiger partial charge in [-0.1, -0.05) is 36.4 Å². The molecule has 1 aromatic heterocycles. The van der Waals surface area contributed by atoms with Crippen molar-refractivity contribution in [2.24, 2.45) is 0 Å². The Labute approximate surface area is 192 Å². The summed E-state index contributed by atoms with van der Waals surface area (Å²) in [4.78, 5) is 7.59. The van der Waals surface area contributed by atoms with Gasteiger partial charge in [0.2, 0.25) is 0 Å². The Balaban J connectivity index is 1.59. The van der Waals surface area contributed by atoms with Crippen LogP contribution in [0.1, 0.15) is 41.6 Å². The minimum absolute atomic E-state index is 0.109. The number of benzene rings is 2. The number of imidazole rings is 1. The van der Waals surface area contributed by atoms with E-state index in [-0.39, 0.29) is 12.2 Å². The molecule has 0 amide bonds. The lowest BCUT2D eigenvalue weighted by Gasteiger charge is -2.32. The van der Waals surface area contributed by atoms with Gasteiger partial charge < -0.3 is 14.2 Å². The summed E-state index contributed by atoms with van der Waals surface area (Å²) in [5, 5.41) is 0. The maximum absolute atomic E-state index is 6.86. The largest absolute Gasteiger partial charge is 0.362 e. The zero-order valence-corrected chi connectivity index (χ0v) is 19.8. The van der Waals surface area contributed by atoms with Gasteiger partial charge in [0.25, 0.3) is 0 Å². The summed E-state index contributed by atoms with van der Waals surface area (Å²) < 4.78 is 10.5. The fourth-order valence-corrected chi connectivity index (χ4v) is 5.28. The number of likely N-dealkylation sites (tertiary alicyclic amines) is 1. The van der Waals surface area contributed by atoms with Gasteiger partial charge in [0.15, 0.2) is 0 Å². The summed E-state index contributed by atoms with van der Waals surface area (Å²) in [7, 11) is 2.20. The summed E-state index contributed by atoms with van der Waals surface area (Å²) in [5.41, 5.74) is 6.17. The van der Waals surface area contributed by atoms with Crippen LogP contribution in [0, 0.1) is 10.5 Å². The van der Waals surface area contributed by atoms with Crippen LogP contribution in [-0.4, -0.2) is 40.7 Å². The molecule has 0 aliphatic carbocycles. The Morgan fingerprint density at radius 3 is 2.57 bits per heavy atom. The number of nitrogens with zero attached hydrogens (tertiary/aromatic N) is 3. The molecule has 5 heteroatoms. The predicted molar refractivity (Wildman–Crippen MR) is 129 cm³/mol. The second kappa shape index (κ2) is 8.44. The molecular formula is C25H28IN3O. The first kappa shape index (κ1) is 20.2. The van der Waals surface area contributed by atoms with E-state index in [1.165, 1.54) is 26.0 Å². The van der Waals surface area contributed by atoms with E-state index in [0.29, 0.717) is 0 Å². The SMILES string of the molecule is Cc1c(-c2ccccc2)nc2n1CCc1ccc(I)cc1C2OC1CCN(C)CC1. The molecule has 3 aromatic rings.